The van der Waals surface area contributed by atoms with E-state index in [1.54, 1.807) is 17.0 Å². The Morgan fingerprint density at radius 1 is 1.28 bits per heavy atom. The number of benzene rings is 1. The minimum atomic E-state index is -0.839. The fraction of sp³-hybridized carbons (Fsp3) is 0.300. The van der Waals surface area contributed by atoms with Crippen LogP contribution in [0, 0.1) is 10.1 Å². The van der Waals surface area contributed by atoms with Crippen LogP contribution < -0.4 is 0 Å². The van der Waals surface area contributed by atoms with Gasteiger partial charge < -0.3 is 14.1 Å². The van der Waals surface area contributed by atoms with Crippen LogP contribution in [0.2, 0.25) is 5.02 Å². The van der Waals surface area contributed by atoms with Crippen LogP contribution in [0.3, 0.4) is 0 Å². The zero-order valence-electron chi connectivity index (χ0n) is 15.5. The van der Waals surface area contributed by atoms with E-state index in [-0.39, 0.29) is 17.1 Å². The highest BCUT2D eigenvalue weighted by molar-refractivity contribution is 6.32. The number of carbonyl (C=O) groups is 2. The summed E-state index contributed by atoms with van der Waals surface area (Å²) in [5.74, 6) is -0.621. The molecule has 0 N–H and O–H groups in total. The molecule has 8 nitrogen and oxygen atoms in total. The number of amides is 1. The van der Waals surface area contributed by atoms with Crippen molar-refractivity contribution in [1.82, 2.24) is 4.90 Å². The first kappa shape index (κ1) is 20.6. The van der Waals surface area contributed by atoms with Gasteiger partial charge in [-0.15, -0.1) is 0 Å². The quantitative estimate of drug-likeness (QED) is 0.373. The molecule has 0 fully saturated rings. The molecule has 3 rings (SSSR count). The van der Waals surface area contributed by atoms with Gasteiger partial charge in [0, 0.05) is 11.8 Å². The molecule has 0 radical (unpaired) electrons. The van der Waals surface area contributed by atoms with Gasteiger partial charge in [-0.2, -0.15) is 0 Å². The Hall–Kier alpha value is -3.13. The van der Waals surface area contributed by atoms with E-state index >= 15 is 0 Å². The Kier molecular flexibility index (Phi) is 6.66. The van der Waals surface area contributed by atoms with E-state index in [4.69, 9.17) is 20.8 Å². The van der Waals surface area contributed by atoms with Crippen molar-refractivity contribution in [3.8, 4) is 0 Å². The van der Waals surface area contributed by atoms with Crippen molar-refractivity contribution < 1.29 is 23.7 Å². The predicted molar refractivity (Wildman–Crippen MR) is 104 cm³/mol. The summed E-state index contributed by atoms with van der Waals surface area (Å²) in [5.41, 5.74) is 0.415. The maximum Gasteiger partial charge on any atom is 0.338 e. The number of ether oxygens (including phenoxy) is 1. The largest absolute Gasteiger partial charge is 0.467 e. The van der Waals surface area contributed by atoms with Gasteiger partial charge in [-0.05, 0) is 49.9 Å². The standard InChI is InChI=1S/C20H19ClN2O6/c21-17-9-8-14(11-18(17)23(26)27)20(25)29-13-19(24)22(12-16-7-4-10-28-16)15-5-2-1-3-6-15/h4-5,7-11H,1-3,6,12-13H2. The summed E-state index contributed by atoms with van der Waals surface area (Å²) in [6.07, 6.45) is 7.21. The number of carbonyl (C=O) groups excluding carboxylic acids is 2. The molecule has 1 aliphatic carbocycles. The number of allylic oxidation sites excluding steroid dienone is 2. The van der Waals surface area contributed by atoms with Gasteiger partial charge in [0.25, 0.3) is 11.6 Å². The summed E-state index contributed by atoms with van der Waals surface area (Å²) < 4.78 is 10.4. The minimum absolute atomic E-state index is 0.0524. The number of hydrogen-bond acceptors (Lipinski definition) is 6. The molecular formula is C20H19ClN2O6. The molecule has 1 amide bonds. The number of furan rings is 1. The second-order valence-electron chi connectivity index (χ2n) is 6.50. The van der Waals surface area contributed by atoms with Crippen LogP contribution in [0.25, 0.3) is 0 Å². The summed E-state index contributed by atoms with van der Waals surface area (Å²) >= 11 is 5.75. The van der Waals surface area contributed by atoms with E-state index in [0.29, 0.717) is 5.76 Å². The smallest absolute Gasteiger partial charge is 0.338 e. The average Bonchev–Trinajstić information content (AvgIpc) is 3.24. The van der Waals surface area contributed by atoms with Crippen LogP contribution in [0.5, 0.6) is 0 Å². The third-order valence-electron chi connectivity index (χ3n) is 4.51. The summed E-state index contributed by atoms with van der Waals surface area (Å²) in [5, 5.41) is 10.9. The van der Waals surface area contributed by atoms with Crippen LogP contribution in [-0.2, 0) is 16.1 Å². The molecule has 0 atom stereocenters. The van der Waals surface area contributed by atoms with E-state index in [9.17, 15) is 19.7 Å². The van der Waals surface area contributed by atoms with Gasteiger partial charge in [-0.3, -0.25) is 14.9 Å². The SMILES string of the molecule is O=C(OCC(=O)N(Cc1ccco1)C1=CCCCC1)c1ccc(Cl)c([N+](=O)[O-])c1. The lowest BCUT2D eigenvalue weighted by molar-refractivity contribution is -0.384. The van der Waals surface area contributed by atoms with Crippen molar-refractivity contribution in [1.29, 1.82) is 0 Å². The molecule has 1 aromatic carbocycles. The van der Waals surface area contributed by atoms with E-state index in [1.807, 2.05) is 6.08 Å². The number of esters is 1. The third kappa shape index (κ3) is 5.23. The fourth-order valence-corrected chi connectivity index (χ4v) is 3.23. The monoisotopic (exact) mass is 418 g/mol. The number of nitro groups is 1. The van der Waals surface area contributed by atoms with Crippen LogP contribution in [-0.4, -0.2) is 28.3 Å². The number of rotatable bonds is 7. The molecule has 1 aromatic heterocycles. The molecule has 2 aromatic rings. The number of hydrogen-bond donors (Lipinski definition) is 0. The lowest BCUT2D eigenvalue weighted by Gasteiger charge is -2.26. The highest BCUT2D eigenvalue weighted by Crippen LogP contribution is 2.26. The first-order chi connectivity index (χ1) is 14.0. The maximum absolute atomic E-state index is 12.8. The zero-order chi connectivity index (χ0) is 20.8. The van der Waals surface area contributed by atoms with Gasteiger partial charge in [0.1, 0.15) is 10.8 Å². The molecule has 152 valence electrons. The Morgan fingerprint density at radius 3 is 2.76 bits per heavy atom. The maximum atomic E-state index is 12.8. The molecule has 0 unspecified atom stereocenters. The Morgan fingerprint density at radius 2 is 2.10 bits per heavy atom. The van der Waals surface area contributed by atoms with E-state index in [1.165, 1.54) is 18.4 Å². The van der Waals surface area contributed by atoms with Gasteiger partial charge in [0.05, 0.1) is 23.3 Å². The summed E-state index contributed by atoms with van der Waals surface area (Å²) in [4.78, 5) is 36.9. The van der Waals surface area contributed by atoms with Crippen LogP contribution >= 0.6 is 11.6 Å². The Labute approximate surface area is 171 Å². The second-order valence-corrected chi connectivity index (χ2v) is 6.91. The summed E-state index contributed by atoms with van der Waals surface area (Å²) in [7, 11) is 0. The summed E-state index contributed by atoms with van der Waals surface area (Å²) in [6, 6.07) is 7.09. The first-order valence-electron chi connectivity index (χ1n) is 9.08. The number of halogens is 1. The van der Waals surface area contributed by atoms with Gasteiger partial charge in [-0.25, -0.2) is 4.79 Å². The van der Waals surface area contributed by atoms with E-state index < -0.39 is 29.1 Å². The van der Waals surface area contributed by atoms with Crippen molar-refractivity contribution in [3.05, 3.63) is 74.8 Å². The molecule has 1 aliphatic rings. The fourth-order valence-electron chi connectivity index (χ4n) is 3.04. The minimum Gasteiger partial charge on any atom is -0.467 e. The zero-order valence-corrected chi connectivity index (χ0v) is 16.3. The van der Waals surface area contributed by atoms with Gasteiger partial charge >= 0.3 is 5.97 Å². The second kappa shape index (κ2) is 9.38. The number of nitrogens with zero attached hydrogens (tertiary/aromatic N) is 2. The highest BCUT2D eigenvalue weighted by atomic mass is 35.5. The molecule has 0 saturated heterocycles. The lowest BCUT2D eigenvalue weighted by Crippen LogP contribution is -2.34. The van der Waals surface area contributed by atoms with Crippen LogP contribution in [0.1, 0.15) is 41.8 Å². The van der Waals surface area contributed by atoms with Crippen molar-refractivity contribution in [2.75, 3.05) is 6.61 Å². The first-order valence-corrected chi connectivity index (χ1v) is 9.46. The molecule has 0 bridgehead atoms. The highest BCUT2D eigenvalue weighted by Gasteiger charge is 2.23. The van der Waals surface area contributed by atoms with Gasteiger partial charge in [-0.1, -0.05) is 17.7 Å². The van der Waals surface area contributed by atoms with Crippen molar-refractivity contribution in [2.45, 2.75) is 32.2 Å². The van der Waals surface area contributed by atoms with Crippen LogP contribution in [0.4, 0.5) is 5.69 Å². The molecule has 1 heterocycles. The average molecular weight is 419 g/mol. The van der Waals surface area contributed by atoms with Gasteiger partial charge in [0.2, 0.25) is 0 Å². The molecule has 9 heteroatoms. The van der Waals surface area contributed by atoms with Crippen molar-refractivity contribution >= 4 is 29.2 Å². The predicted octanol–water partition coefficient (Wildman–Crippen LogP) is 4.48. The molecule has 29 heavy (non-hydrogen) atoms. The topological polar surface area (TPSA) is 103 Å². The normalized spacial score (nSPS) is 13.5. The molecule has 0 saturated carbocycles. The lowest BCUT2D eigenvalue weighted by atomic mass is 10.0. The number of nitro benzene ring substituents is 1. The molecule has 0 spiro atoms. The summed E-state index contributed by atoms with van der Waals surface area (Å²) in [6.45, 7) is -0.255. The third-order valence-corrected chi connectivity index (χ3v) is 4.83. The van der Waals surface area contributed by atoms with Crippen LogP contribution in [0.15, 0.2) is 52.8 Å². The van der Waals surface area contributed by atoms with Gasteiger partial charge in [0.15, 0.2) is 6.61 Å². The Bertz CT molecular complexity index is 938. The molecular weight excluding hydrogens is 400 g/mol. The molecule has 0 aliphatic heterocycles. The Balaban J connectivity index is 1.69. The van der Waals surface area contributed by atoms with E-state index in [0.717, 1.165) is 37.4 Å². The van der Waals surface area contributed by atoms with Crippen molar-refractivity contribution in [2.24, 2.45) is 0 Å². The van der Waals surface area contributed by atoms with Crippen molar-refractivity contribution in [3.63, 3.8) is 0 Å². The van der Waals surface area contributed by atoms with E-state index in [2.05, 4.69) is 0 Å².